The molecule has 6 nitrogen and oxygen atoms in total. The van der Waals surface area contributed by atoms with E-state index in [1.807, 2.05) is 34.4 Å². The van der Waals surface area contributed by atoms with Gasteiger partial charge in [-0.2, -0.15) is 10.2 Å². The molecule has 1 saturated heterocycles. The number of nitrogens with zero attached hydrogens (tertiary/aromatic N) is 5. The monoisotopic (exact) mass is 289 g/mol. The van der Waals surface area contributed by atoms with Crippen LogP contribution in [0, 0.1) is 12.8 Å². The van der Waals surface area contributed by atoms with Gasteiger partial charge >= 0.3 is 0 Å². The van der Waals surface area contributed by atoms with E-state index in [0.717, 1.165) is 36.2 Å². The lowest BCUT2D eigenvalue weighted by molar-refractivity contribution is -0.133. The van der Waals surface area contributed by atoms with Gasteiger partial charge in [0.05, 0.1) is 18.4 Å². The van der Waals surface area contributed by atoms with Crippen molar-refractivity contribution >= 4 is 16.9 Å². The predicted molar refractivity (Wildman–Crippen MR) is 80.8 cm³/mol. The second kappa shape index (κ2) is 5.50. The highest BCUT2D eigenvalue weighted by molar-refractivity contribution is 5.78. The summed E-state index contributed by atoms with van der Waals surface area (Å²) in [7, 11) is 1.92. The Bertz CT molecular complexity index is 656. The van der Waals surface area contributed by atoms with Gasteiger partial charge in [0.2, 0.25) is 5.91 Å². The summed E-state index contributed by atoms with van der Waals surface area (Å²) in [6, 6.07) is 0. The molecule has 0 aliphatic carbocycles. The smallest absolute Gasteiger partial charge is 0.224 e. The van der Waals surface area contributed by atoms with E-state index in [1.165, 1.54) is 6.42 Å². The molecule has 1 unspecified atom stereocenters. The summed E-state index contributed by atoms with van der Waals surface area (Å²) in [4.78, 5) is 14.3. The lowest BCUT2D eigenvalue weighted by atomic mass is 10.00. The van der Waals surface area contributed by atoms with Crippen LogP contribution in [0.4, 0.5) is 0 Å². The number of aryl methyl sites for hydroxylation is 3. The van der Waals surface area contributed by atoms with Crippen molar-refractivity contribution in [2.75, 3.05) is 13.1 Å². The number of aromatic nitrogens is 4. The molecule has 3 heterocycles. The minimum atomic E-state index is 0.242. The van der Waals surface area contributed by atoms with E-state index in [0.29, 0.717) is 18.9 Å². The molecule has 0 saturated carbocycles. The summed E-state index contributed by atoms with van der Waals surface area (Å²) in [6.07, 6.45) is 4.69. The van der Waals surface area contributed by atoms with Gasteiger partial charge in [-0.1, -0.05) is 6.92 Å². The highest BCUT2D eigenvalue weighted by Gasteiger charge is 2.21. The molecule has 21 heavy (non-hydrogen) atoms. The first-order chi connectivity index (χ1) is 10.1. The Hall–Kier alpha value is -1.85. The van der Waals surface area contributed by atoms with Gasteiger partial charge in [0.25, 0.3) is 0 Å². The zero-order valence-corrected chi connectivity index (χ0v) is 13.0. The van der Waals surface area contributed by atoms with Gasteiger partial charge in [0.1, 0.15) is 11.0 Å². The van der Waals surface area contributed by atoms with Crippen LogP contribution in [0.25, 0.3) is 11.0 Å². The third-order valence-electron chi connectivity index (χ3n) is 4.36. The Morgan fingerprint density at radius 1 is 1.48 bits per heavy atom. The summed E-state index contributed by atoms with van der Waals surface area (Å²) in [5, 5.41) is 8.79. The number of amides is 1. The van der Waals surface area contributed by atoms with Gasteiger partial charge in [0, 0.05) is 26.6 Å². The maximum absolute atomic E-state index is 12.3. The van der Waals surface area contributed by atoms with Crippen molar-refractivity contribution in [1.29, 1.82) is 0 Å². The largest absolute Gasteiger partial charge is 0.342 e. The number of fused-ring (bicyclic) bond motifs is 1. The van der Waals surface area contributed by atoms with Crippen LogP contribution in [0.2, 0.25) is 0 Å². The average molecular weight is 289 g/mol. The molecule has 0 spiro atoms. The van der Waals surface area contributed by atoms with Crippen molar-refractivity contribution in [3.05, 3.63) is 11.9 Å². The molecule has 0 N–H and O–H groups in total. The molecule has 2 aromatic heterocycles. The number of hydrogen-bond acceptors (Lipinski definition) is 3. The van der Waals surface area contributed by atoms with Gasteiger partial charge in [-0.25, -0.2) is 0 Å². The fourth-order valence-electron chi connectivity index (χ4n) is 3.26. The molecule has 1 aliphatic heterocycles. The quantitative estimate of drug-likeness (QED) is 0.864. The molecular weight excluding hydrogens is 266 g/mol. The molecule has 1 aliphatic rings. The first-order valence-corrected chi connectivity index (χ1v) is 7.69. The standard InChI is InChI=1S/C15H23N5O/c1-11-5-4-7-19(10-11)14(21)6-8-20-15-12(2)17-18(3)13(15)9-16-20/h9,11H,4-8,10H2,1-3H3. The van der Waals surface area contributed by atoms with Crippen molar-refractivity contribution < 1.29 is 4.79 Å². The number of carbonyl (C=O) groups is 1. The van der Waals surface area contributed by atoms with Gasteiger partial charge in [0.15, 0.2) is 0 Å². The van der Waals surface area contributed by atoms with Crippen LogP contribution in [0.1, 0.15) is 31.9 Å². The predicted octanol–water partition coefficient (Wildman–Crippen LogP) is 1.73. The summed E-state index contributed by atoms with van der Waals surface area (Å²) in [5.41, 5.74) is 3.02. The van der Waals surface area contributed by atoms with E-state index in [1.54, 1.807) is 0 Å². The second-order valence-corrected chi connectivity index (χ2v) is 6.15. The Kier molecular flexibility index (Phi) is 3.69. The minimum Gasteiger partial charge on any atom is -0.342 e. The molecule has 1 fully saturated rings. The van der Waals surface area contributed by atoms with Crippen molar-refractivity contribution in [2.24, 2.45) is 13.0 Å². The maximum atomic E-state index is 12.3. The number of rotatable bonds is 3. The van der Waals surface area contributed by atoms with Crippen LogP contribution >= 0.6 is 0 Å². The van der Waals surface area contributed by atoms with Gasteiger partial charge in [-0.3, -0.25) is 14.2 Å². The number of hydrogen-bond donors (Lipinski definition) is 0. The van der Waals surface area contributed by atoms with E-state index in [2.05, 4.69) is 17.1 Å². The van der Waals surface area contributed by atoms with E-state index in [-0.39, 0.29) is 5.91 Å². The van der Waals surface area contributed by atoms with Crippen molar-refractivity contribution in [2.45, 2.75) is 39.7 Å². The van der Waals surface area contributed by atoms with Crippen molar-refractivity contribution in [3.63, 3.8) is 0 Å². The molecule has 0 aromatic carbocycles. The highest BCUT2D eigenvalue weighted by atomic mass is 16.2. The van der Waals surface area contributed by atoms with E-state index in [4.69, 9.17) is 0 Å². The summed E-state index contributed by atoms with van der Waals surface area (Å²) in [6.45, 7) is 6.63. The molecule has 3 rings (SSSR count). The Morgan fingerprint density at radius 3 is 3.05 bits per heavy atom. The molecule has 0 bridgehead atoms. The molecule has 1 atom stereocenters. The molecule has 6 heteroatoms. The first kappa shape index (κ1) is 14.1. The van der Waals surface area contributed by atoms with E-state index in [9.17, 15) is 4.79 Å². The topological polar surface area (TPSA) is 56.0 Å². The second-order valence-electron chi connectivity index (χ2n) is 6.15. The molecule has 2 aromatic rings. The highest BCUT2D eigenvalue weighted by Crippen LogP contribution is 2.19. The fourth-order valence-corrected chi connectivity index (χ4v) is 3.26. The zero-order chi connectivity index (χ0) is 15.0. The third kappa shape index (κ3) is 2.66. The summed E-state index contributed by atoms with van der Waals surface area (Å²) in [5.74, 6) is 0.867. The lowest BCUT2D eigenvalue weighted by Gasteiger charge is -2.31. The van der Waals surface area contributed by atoms with E-state index >= 15 is 0 Å². The Labute approximate surface area is 124 Å². The number of carbonyl (C=O) groups excluding carboxylic acids is 1. The van der Waals surface area contributed by atoms with Gasteiger partial charge < -0.3 is 4.90 Å². The van der Waals surface area contributed by atoms with Crippen LogP contribution in [-0.4, -0.2) is 43.5 Å². The van der Waals surface area contributed by atoms with E-state index < -0.39 is 0 Å². The molecule has 1 amide bonds. The first-order valence-electron chi connectivity index (χ1n) is 7.69. The zero-order valence-electron chi connectivity index (χ0n) is 13.0. The lowest BCUT2D eigenvalue weighted by Crippen LogP contribution is -2.39. The van der Waals surface area contributed by atoms with Crippen molar-refractivity contribution in [1.82, 2.24) is 24.5 Å². The molecule has 0 radical (unpaired) electrons. The normalized spacial score (nSPS) is 19.4. The van der Waals surface area contributed by atoms with Gasteiger partial charge in [-0.05, 0) is 25.7 Å². The van der Waals surface area contributed by atoms with Crippen LogP contribution in [0.15, 0.2) is 6.20 Å². The number of piperidine rings is 1. The average Bonchev–Trinajstić information content (AvgIpc) is 2.99. The molecule has 114 valence electrons. The maximum Gasteiger partial charge on any atom is 0.224 e. The SMILES string of the molecule is Cc1nn(C)c2cnn(CCC(=O)N3CCCC(C)C3)c12. The van der Waals surface area contributed by atoms with Crippen LogP contribution in [0.3, 0.4) is 0 Å². The van der Waals surface area contributed by atoms with Crippen LogP contribution < -0.4 is 0 Å². The summed E-state index contributed by atoms with van der Waals surface area (Å²) >= 11 is 0. The number of likely N-dealkylation sites (tertiary alicyclic amines) is 1. The van der Waals surface area contributed by atoms with Crippen LogP contribution in [-0.2, 0) is 18.4 Å². The van der Waals surface area contributed by atoms with Gasteiger partial charge in [-0.15, -0.1) is 0 Å². The fraction of sp³-hybridized carbons (Fsp3) is 0.667. The summed E-state index contributed by atoms with van der Waals surface area (Å²) < 4.78 is 3.74. The third-order valence-corrected chi connectivity index (χ3v) is 4.36. The molecular formula is C15H23N5O. The Balaban J connectivity index is 1.67. The van der Waals surface area contributed by atoms with Crippen molar-refractivity contribution in [3.8, 4) is 0 Å². The Morgan fingerprint density at radius 2 is 2.29 bits per heavy atom. The van der Waals surface area contributed by atoms with Crippen LogP contribution in [0.5, 0.6) is 0 Å². The minimum absolute atomic E-state index is 0.242.